The van der Waals surface area contributed by atoms with Crippen molar-refractivity contribution in [2.24, 2.45) is 11.8 Å². The van der Waals surface area contributed by atoms with Crippen LogP contribution < -0.4 is 15.0 Å². The lowest BCUT2D eigenvalue weighted by Crippen LogP contribution is -2.56. The number of hydrogen-bond donors (Lipinski definition) is 2. The van der Waals surface area contributed by atoms with Crippen molar-refractivity contribution in [3.63, 3.8) is 0 Å². The maximum atomic E-state index is 14.8. The second-order valence-electron chi connectivity index (χ2n) is 11.7. The average Bonchev–Trinajstić information content (AvgIpc) is 3.66. The molecule has 11 nitrogen and oxygen atoms in total. The molecule has 2 N–H and O–H groups in total. The van der Waals surface area contributed by atoms with Gasteiger partial charge in [0.05, 0.1) is 19.6 Å². The number of cyclic esters (lactones) is 1. The summed E-state index contributed by atoms with van der Waals surface area (Å²) in [6.45, 7) is 0.108. The summed E-state index contributed by atoms with van der Waals surface area (Å²) in [5.74, 6) is -3.16. The van der Waals surface area contributed by atoms with Gasteiger partial charge in [-0.15, -0.1) is 0 Å². The largest absolute Gasteiger partial charge is 0.497 e. The molecule has 0 aliphatic carbocycles. The summed E-state index contributed by atoms with van der Waals surface area (Å²) < 4.78 is 18.5. The normalized spacial score (nSPS) is 30.5. The van der Waals surface area contributed by atoms with E-state index < -0.39 is 53.5 Å². The standard InChI is InChI=1S/C34H36BrN3O8/c1-44-23-14-12-22(13-15-23)37-16-7-3-6-11-26(40)36-20-25(21-9-4-2-5-10-21)45-33(43)27-28-31(41)38(17-8-18-39)30(32(37)42)34(28)19-24(35)29(27)46-34/h2-5,7,9-10,12-15,19,25,27-30,39H,6,8,11,16-18,20H2,1H3,(H,36,40)/b7-3-/t25-,27-,28+,29-,30-,34+/m1/s1. The quantitative estimate of drug-likeness (QED) is 0.349. The second kappa shape index (κ2) is 13.4. The minimum Gasteiger partial charge on any atom is -0.497 e. The molecule has 5 bridgehead atoms. The minimum atomic E-state index is -1.45. The maximum absolute atomic E-state index is 14.8. The number of esters is 1. The van der Waals surface area contributed by atoms with Crippen molar-refractivity contribution >= 4 is 45.3 Å². The van der Waals surface area contributed by atoms with Gasteiger partial charge in [-0.1, -0.05) is 58.4 Å². The van der Waals surface area contributed by atoms with Gasteiger partial charge in [0.1, 0.15) is 35.5 Å². The molecular weight excluding hydrogens is 658 g/mol. The van der Waals surface area contributed by atoms with Gasteiger partial charge in [0, 0.05) is 36.3 Å². The number of nitrogens with zero attached hydrogens (tertiary/aromatic N) is 2. The van der Waals surface area contributed by atoms with Gasteiger partial charge in [-0.3, -0.25) is 19.2 Å². The molecule has 46 heavy (non-hydrogen) atoms. The lowest BCUT2D eigenvalue weighted by Gasteiger charge is -2.35. The first-order valence-electron chi connectivity index (χ1n) is 15.4. The molecule has 3 amide bonds. The number of hydrogen-bond acceptors (Lipinski definition) is 8. The van der Waals surface area contributed by atoms with E-state index in [1.54, 1.807) is 42.4 Å². The summed E-state index contributed by atoms with van der Waals surface area (Å²) in [7, 11) is 1.55. The number of allylic oxidation sites excluding steroid dienone is 1. The number of nitrogens with one attached hydrogen (secondary N) is 1. The number of carbonyl (C=O) groups excluding carboxylic acids is 4. The second-order valence-corrected chi connectivity index (χ2v) is 12.6. The summed E-state index contributed by atoms with van der Waals surface area (Å²) in [4.78, 5) is 59.0. The summed E-state index contributed by atoms with van der Waals surface area (Å²) in [6, 6.07) is 15.0. The first-order chi connectivity index (χ1) is 22.3. The molecular formula is C34H36BrN3O8. The van der Waals surface area contributed by atoms with E-state index in [0.29, 0.717) is 27.9 Å². The SMILES string of the molecule is COc1ccc(N2C/C=C\CCC(=O)NC[C@H](c3ccccc3)OC(=O)[C@H]3[C@@H]4O[C@@]5(C=C4Br)[C@@H]3C(=O)N(CCCO)[C@@H]5C2=O)cc1. The third-order valence-electron chi connectivity index (χ3n) is 9.05. The van der Waals surface area contributed by atoms with Crippen molar-refractivity contribution in [3.05, 3.63) is 82.9 Å². The van der Waals surface area contributed by atoms with Crippen molar-refractivity contribution in [2.75, 3.05) is 38.3 Å². The molecule has 0 aromatic heterocycles. The molecule has 2 aromatic carbocycles. The summed E-state index contributed by atoms with van der Waals surface area (Å²) >= 11 is 3.57. The van der Waals surface area contributed by atoms with Crippen LogP contribution in [0.2, 0.25) is 0 Å². The van der Waals surface area contributed by atoms with E-state index in [1.165, 1.54) is 4.90 Å². The highest BCUT2D eigenvalue weighted by Gasteiger charge is 2.75. The molecule has 4 heterocycles. The molecule has 0 saturated carbocycles. The van der Waals surface area contributed by atoms with Crippen LogP contribution in [-0.2, 0) is 28.7 Å². The fourth-order valence-corrected chi connectivity index (χ4v) is 7.64. The highest BCUT2D eigenvalue weighted by molar-refractivity contribution is 9.11. The molecule has 6 rings (SSSR count). The Balaban J connectivity index is 1.44. The Kier molecular flexibility index (Phi) is 9.30. The van der Waals surface area contributed by atoms with Crippen LogP contribution in [0.25, 0.3) is 0 Å². The summed E-state index contributed by atoms with van der Waals surface area (Å²) in [5, 5.41) is 12.6. The van der Waals surface area contributed by atoms with Gasteiger partial charge in [0.15, 0.2) is 0 Å². The highest BCUT2D eigenvalue weighted by Crippen LogP contribution is 2.59. The molecule has 0 radical (unpaired) electrons. The van der Waals surface area contributed by atoms with E-state index in [2.05, 4.69) is 21.2 Å². The molecule has 4 aliphatic heterocycles. The Morgan fingerprint density at radius 2 is 1.80 bits per heavy atom. The van der Waals surface area contributed by atoms with Gasteiger partial charge >= 0.3 is 5.97 Å². The predicted octanol–water partition coefficient (Wildman–Crippen LogP) is 3.03. The van der Waals surface area contributed by atoms with Gasteiger partial charge < -0.3 is 34.4 Å². The Morgan fingerprint density at radius 3 is 2.52 bits per heavy atom. The first-order valence-corrected chi connectivity index (χ1v) is 16.2. The third-order valence-corrected chi connectivity index (χ3v) is 9.73. The monoisotopic (exact) mass is 693 g/mol. The van der Waals surface area contributed by atoms with Crippen LogP contribution >= 0.6 is 15.9 Å². The number of likely N-dealkylation sites (tertiary alicyclic amines) is 1. The Hall–Kier alpha value is -4.00. The third kappa shape index (κ3) is 5.73. The molecule has 6 atom stereocenters. The lowest BCUT2D eigenvalue weighted by molar-refractivity contribution is -0.159. The van der Waals surface area contributed by atoms with Crippen LogP contribution in [0.15, 0.2) is 77.3 Å². The smallest absolute Gasteiger partial charge is 0.313 e. The average molecular weight is 695 g/mol. The van der Waals surface area contributed by atoms with Crippen molar-refractivity contribution in [2.45, 2.75) is 43.1 Å². The number of methoxy groups -OCH3 is 1. The fourth-order valence-electron chi connectivity index (χ4n) is 6.90. The molecule has 12 heteroatoms. The highest BCUT2D eigenvalue weighted by atomic mass is 79.9. The number of aliphatic hydroxyl groups excluding tert-OH is 1. The minimum absolute atomic E-state index is 0.0479. The van der Waals surface area contributed by atoms with Crippen LogP contribution in [0.4, 0.5) is 5.69 Å². The van der Waals surface area contributed by atoms with Gasteiger partial charge in [-0.2, -0.15) is 0 Å². The Labute approximate surface area is 275 Å². The number of benzene rings is 2. The number of aliphatic hydroxyl groups is 1. The number of fused-ring (bicyclic) bond motifs is 2. The molecule has 0 unspecified atom stereocenters. The van der Waals surface area contributed by atoms with E-state index in [0.717, 1.165) is 0 Å². The topological polar surface area (TPSA) is 135 Å². The summed E-state index contributed by atoms with van der Waals surface area (Å²) in [5.41, 5.74) is -0.194. The zero-order valence-corrected chi connectivity index (χ0v) is 26.9. The maximum Gasteiger partial charge on any atom is 0.313 e. The van der Waals surface area contributed by atoms with Crippen LogP contribution in [0.5, 0.6) is 5.75 Å². The Bertz CT molecular complexity index is 1550. The van der Waals surface area contributed by atoms with Crippen molar-refractivity contribution in [1.29, 1.82) is 0 Å². The number of carbonyl (C=O) groups is 4. The zero-order chi connectivity index (χ0) is 32.4. The molecule has 2 fully saturated rings. The Morgan fingerprint density at radius 1 is 1.04 bits per heavy atom. The van der Waals surface area contributed by atoms with Gasteiger partial charge in [0.2, 0.25) is 11.8 Å². The molecule has 2 aromatic rings. The van der Waals surface area contributed by atoms with Gasteiger partial charge in [-0.25, -0.2) is 0 Å². The zero-order valence-electron chi connectivity index (χ0n) is 25.3. The van der Waals surface area contributed by atoms with Crippen molar-refractivity contribution in [3.8, 4) is 5.75 Å². The van der Waals surface area contributed by atoms with E-state index in [4.69, 9.17) is 14.2 Å². The fraction of sp³-hybridized carbons (Fsp3) is 0.412. The van der Waals surface area contributed by atoms with Crippen molar-refractivity contribution < 1.29 is 38.5 Å². The number of amides is 3. The number of anilines is 1. The van der Waals surface area contributed by atoms with E-state index >= 15 is 0 Å². The van der Waals surface area contributed by atoms with E-state index in [-0.39, 0.29) is 45.0 Å². The first kappa shape index (κ1) is 32.0. The number of rotatable bonds is 6. The van der Waals surface area contributed by atoms with Gasteiger partial charge in [0.25, 0.3) is 5.91 Å². The van der Waals surface area contributed by atoms with Crippen LogP contribution in [0.1, 0.15) is 30.9 Å². The van der Waals surface area contributed by atoms with Crippen LogP contribution in [0, 0.1) is 11.8 Å². The van der Waals surface area contributed by atoms with E-state index in [9.17, 15) is 24.3 Å². The lowest BCUT2D eigenvalue weighted by atomic mass is 9.74. The molecule has 1 spiro atoms. The van der Waals surface area contributed by atoms with Crippen LogP contribution in [-0.4, -0.2) is 84.8 Å². The summed E-state index contributed by atoms with van der Waals surface area (Å²) in [6.07, 6.45) is 4.61. The number of halogens is 1. The molecule has 4 aliphatic rings. The number of ether oxygens (including phenoxy) is 3. The van der Waals surface area contributed by atoms with Gasteiger partial charge in [-0.05, 0) is 48.7 Å². The van der Waals surface area contributed by atoms with Crippen molar-refractivity contribution in [1.82, 2.24) is 10.2 Å². The predicted molar refractivity (Wildman–Crippen MR) is 171 cm³/mol. The molecule has 2 saturated heterocycles. The van der Waals surface area contributed by atoms with E-state index in [1.807, 2.05) is 42.5 Å². The van der Waals surface area contributed by atoms with Crippen LogP contribution in [0.3, 0.4) is 0 Å². The molecule has 242 valence electrons.